The second-order valence-electron chi connectivity index (χ2n) is 3.84. The molecule has 1 unspecified atom stereocenters. The van der Waals surface area contributed by atoms with E-state index >= 15 is 0 Å². The van der Waals surface area contributed by atoms with Gasteiger partial charge in [-0.1, -0.05) is 0 Å². The zero-order valence-electron chi connectivity index (χ0n) is 10.0. The number of imide groups is 1. The SMILES string of the molecule is COC(=O)NC(=O)CN1CCSCC1CC(=O)O. The lowest BCUT2D eigenvalue weighted by Gasteiger charge is -2.33. The molecule has 0 spiro atoms. The highest BCUT2D eigenvalue weighted by molar-refractivity contribution is 7.99. The summed E-state index contributed by atoms with van der Waals surface area (Å²) in [6.07, 6.45) is -0.806. The number of nitrogens with one attached hydrogen (secondary N) is 1. The predicted molar refractivity (Wildman–Crippen MR) is 65.5 cm³/mol. The molecule has 0 aromatic heterocycles. The third-order valence-electron chi connectivity index (χ3n) is 2.53. The Labute approximate surface area is 109 Å². The second kappa shape index (κ2) is 7.22. The van der Waals surface area contributed by atoms with Crippen LogP contribution in [-0.2, 0) is 14.3 Å². The Kier molecular flexibility index (Phi) is 5.93. The number of nitrogens with zero attached hydrogens (tertiary/aromatic N) is 1. The molecule has 8 heteroatoms. The summed E-state index contributed by atoms with van der Waals surface area (Å²) >= 11 is 1.67. The van der Waals surface area contributed by atoms with Gasteiger partial charge in [-0.15, -0.1) is 0 Å². The van der Waals surface area contributed by atoms with E-state index in [1.54, 1.807) is 16.7 Å². The lowest BCUT2D eigenvalue weighted by atomic mass is 10.2. The molecule has 0 radical (unpaired) electrons. The largest absolute Gasteiger partial charge is 0.481 e. The van der Waals surface area contributed by atoms with E-state index < -0.39 is 18.0 Å². The van der Waals surface area contributed by atoms with Gasteiger partial charge in [0, 0.05) is 24.1 Å². The number of hydrogen-bond donors (Lipinski definition) is 2. The Hall–Kier alpha value is -1.28. The highest BCUT2D eigenvalue weighted by Crippen LogP contribution is 2.18. The van der Waals surface area contributed by atoms with E-state index in [0.29, 0.717) is 12.3 Å². The van der Waals surface area contributed by atoms with Crippen LogP contribution < -0.4 is 5.32 Å². The number of hydrogen-bond acceptors (Lipinski definition) is 6. The zero-order valence-corrected chi connectivity index (χ0v) is 10.9. The molecule has 1 fully saturated rings. The number of thioether (sulfide) groups is 1. The van der Waals surface area contributed by atoms with E-state index in [1.165, 1.54) is 7.11 Å². The van der Waals surface area contributed by atoms with Crippen LogP contribution in [0.25, 0.3) is 0 Å². The van der Waals surface area contributed by atoms with Gasteiger partial charge < -0.3 is 9.84 Å². The van der Waals surface area contributed by atoms with Crippen LogP contribution in [0, 0.1) is 0 Å². The van der Waals surface area contributed by atoms with E-state index in [2.05, 4.69) is 10.1 Å². The first-order valence-corrected chi connectivity index (χ1v) is 6.59. The average molecular weight is 276 g/mol. The molecule has 1 saturated heterocycles. The number of carbonyl (C=O) groups is 3. The number of carboxylic acids is 1. The van der Waals surface area contributed by atoms with Crippen LogP contribution in [0.4, 0.5) is 4.79 Å². The minimum Gasteiger partial charge on any atom is -0.481 e. The first-order valence-electron chi connectivity index (χ1n) is 5.44. The zero-order chi connectivity index (χ0) is 13.5. The first-order chi connectivity index (χ1) is 8.52. The second-order valence-corrected chi connectivity index (χ2v) is 4.99. The van der Waals surface area contributed by atoms with Gasteiger partial charge in [0.25, 0.3) is 0 Å². The summed E-state index contributed by atoms with van der Waals surface area (Å²) in [5.41, 5.74) is 0. The van der Waals surface area contributed by atoms with Gasteiger partial charge in [-0.3, -0.25) is 19.8 Å². The van der Waals surface area contributed by atoms with Gasteiger partial charge in [-0.25, -0.2) is 4.79 Å². The van der Waals surface area contributed by atoms with Gasteiger partial charge in [-0.05, 0) is 0 Å². The topological polar surface area (TPSA) is 95.9 Å². The molecule has 0 aromatic carbocycles. The fraction of sp³-hybridized carbons (Fsp3) is 0.700. The maximum absolute atomic E-state index is 11.5. The fourth-order valence-corrected chi connectivity index (χ4v) is 2.81. The first kappa shape index (κ1) is 14.8. The van der Waals surface area contributed by atoms with Crippen molar-refractivity contribution in [2.75, 3.05) is 31.7 Å². The van der Waals surface area contributed by atoms with E-state index in [0.717, 1.165) is 5.75 Å². The number of rotatable bonds is 4. The molecule has 18 heavy (non-hydrogen) atoms. The molecule has 102 valence electrons. The Morgan fingerprint density at radius 1 is 1.50 bits per heavy atom. The molecule has 0 saturated carbocycles. The highest BCUT2D eigenvalue weighted by Gasteiger charge is 2.26. The van der Waals surface area contributed by atoms with Crippen molar-refractivity contribution in [2.24, 2.45) is 0 Å². The molecule has 1 atom stereocenters. The van der Waals surface area contributed by atoms with E-state index in [-0.39, 0.29) is 19.0 Å². The third-order valence-corrected chi connectivity index (χ3v) is 3.63. The number of ether oxygens (including phenoxy) is 1. The van der Waals surface area contributed by atoms with Gasteiger partial charge in [-0.2, -0.15) is 11.8 Å². The quantitative estimate of drug-likeness (QED) is 0.731. The molecule has 1 rings (SSSR count). The number of carboxylic acid groups (broad SMARTS) is 1. The summed E-state index contributed by atoms with van der Waals surface area (Å²) in [6.45, 7) is 0.644. The van der Waals surface area contributed by atoms with Crippen molar-refractivity contribution in [3.05, 3.63) is 0 Å². The molecule has 7 nitrogen and oxygen atoms in total. The smallest absolute Gasteiger partial charge is 0.413 e. The lowest BCUT2D eigenvalue weighted by molar-refractivity contribution is -0.138. The Morgan fingerprint density at radius 2 is 2.22 bits per heavy atom. The maximum atomic E-state index is 11.5. The van der Waals surface area contributed by atoms with Crippen LogP contribution in [-0.4, -0.2) is 65.7 Å². The van der Waals surface area contributed by atoms with Gasteiger partial charge in [0.15, 0.2) is 0 Å². The summed E-state index contributed by atoms with van der Waals surface area (Å²) in [5.74, 6) is 0.157. The van der Waals surface area contributed by atoms with Gasteiger partial charge in [0.2, 0.25) is 5.91 Å². The van der Waals surface area contributed by atoms with Crippen molar-refractivity contribution in [1.82, 2.24) is 10.2 Å². The highest BCUT2D eigenvalue weighted by atomic mass is 32.2. The molecule has 1 heterocycles. The van der Waals surface area contributed by atoms with Gasteiger partial charge in [0.1, 0.15) is 0 Å². The normalized spacial score (nSPS) is 20.2. The van der Waals surface area contributed by atoms with Crippen molar-refractivity contribution in [2.45, 2.75) is 12.5 Å². The number of amides is 2. The van der Waals surface area contributed by atoms with Gasteiger partial charge in [0.05, 0.1) is 20.1 Å². The summed E-state index contributed by atoms with van der Waals surface area (Å²) in [7, 11) is 1.17. The summed E-state index contributed by atoms with van der Waals surface area (Å²) < 4.78 is 4.31. The number of aliphatic carboxylic acids is 1. The summed E-state index contributed by atoms with van der Waals surface area (Å²) in [5, 5.41) is 10.8. The molecular weight excluding hydrogens is 260 g/mol. The minimum atomic E-state index is -0.888. The molecule has 0 bridgehead atoms. The third kappa shape index (κ3) is 4.92. The van der Waals surface area contributed by atoms with Crippen LogP contribution in [0.5, 0.6) is 0 Å². The Bertz CT molecular complexity index is 336. The molecule has 0 aromatic rings. The molecule has 2 N–H and O–H groups in total. The monoisotopic (exact) mass is 276 g/mol. The average Bonchev–Trinajstić information content (AvgIpc) is 2.30. The van der Waals surface area contributed by atoms with Crippen molar-refractivity contribution < 1.29 is 24.2 Å². The lowest BCUT2D eigenvalue weighted by Crippen LogP contribution is -2.49. The number of methoxy groups -OCH3 is 1. The molecule has 2 amide bonds. The fourth-order valence-electron chi connectivity index (χ4n) is 1.68. The molecular formula is C10H16N2O5S. The van der Waals surface area contributed by atoms with E-state index in [9.17, 15) is 14.4 Å². The van der Waals surface area contributed by atoms with Crippen molar-refractivity contribution in [1.29, 1.82) is 0 Å². The van der Waals surface area contributed by atoms with Crippen molar-refractivity contribution in [3.63, 3.8) is 0 Å². The van der Waals surface area contributed by atoms with Gasteiger partial charge >= 0.3 is 12.1 Å². The maximum Gasteiger partial charge on any atom is 0.413 e. The Morgan fingerprint density at radius 3 is 2.83 bits per heavy atom. The molecule has 1 aliphatic heterocycles. The minimum absolute atomic E-state index is 0.00148. The van der Waals surface area contributed by atoms with E-state index in [1.807, 2.05) is 0 Å². The number of alkyl carbamates (subject to hydrolysis) is 1. The van der Waals surface area contributed by atoms with Crippen LogP contribution in [0.3, 0.4) is 0 Å². The van der Waals surface area contributed by atoms with Crippen molar-refractivity contribution in [3.8, 4) is 0 Å². The Balaban J connectivity index is 2.48. The van der Waals surface area contributed by atoms with Crippen molar-refractivity contribution >= 4 is 29.7 Å². The molecule has 0 aliphatic carbocycles. The number of carbonyl (C=O) groups excluding carboxylic acids is 2. The van der Waals surface area contributed by atoms with Crippen LogP contribution >= 0.6 is 11.8 Å². The van der Waals surface area contributed by atoms with Crippen LogP contribution in [0.1, 0.15) is 6.42 Å². The van der Waals surface area contributed by atoms with E-state index in [4.69, 9.17) is 5.11 Å². The predicted octanol–water partition coefficient (Wildman–Crippen LogP) is -0.239. The standard InChI is InChI=1S/C10H16N2O5S/c1-17-10(16)11-8(13)5-12-2-3-18-6-7(12)4-9(14)15/h7H,2-6H2,1H3,(H,14,15)(H,11,13,16). The molecule has 1 aliphatic rings. The summed E-state index contributed by atoms with van der Waals surface area (Å²) in [4.78, 5) is 34.8. The van der Waals surface area contributed by atoms with Crippen LogP contribution in [0.2, 0.25) is 0 Å². The summed E-state index contributed by atoms with van der Waals surface area (Å²) in [6, 6.07) is -0.176. The van der Waals surface area contributed by atoms with Crippen LogP contribution in [0.15, 0.2) is 0 Å².